The van der Waals surface area contributed by atoms with E-state index in [-0.39, 0.29) is 5.71 Å². The number of hydrogen-bond acceptors (Lipinski definition) is 4. The molecule has 0 saturated heterocycles. The summed E-state index contributed by atoms with van der Waals surface area (Å²) in [4.78, 5) is 17.1. The van der Waals surface area contributed by atoms with Crippen LogP contribution in [0, 0.1) is 11.3 Å². The van der Waals surface area contributed by atoms with Gasteiger partial charge in [0, 0.05) is 22.5 Å². The van der Waals surface area contributed by atoms with Crippen LogP contribution >= 0.6 is 34.8 Å². The molecule has 0 aliphatic heterocycles. The summed E-state index contributed by atoms with van der Waals surface area (Å²) in [6.45, 7) is 4.52. The molecule has 1 atom stereocenters. The van der Waals surface area contributed by atoms with E-state index < -0.39 is 11.8 Å². The molecule has 0 saturated carbocycles. The molecule has 0 fully saturated rings. The normalized spacial score (nSPS) is 12.5. The predicted octanol–water partition coefficient (Wildman–Crippen LogP) is 6.23. The van der Waals surface area contributed by atoms with Gasteiger partial charge in [-0.05, 0) is 42.3 Å². The molecule has 0 heterocycles. The molecule has 3 N–H and O–H groups in total. The molecule has 30 heavy (non-hydrogen) atoms. The van der Waals surface area contributed by atoms with E-state index in [1.807, 2.05) is 0 Å². The number of hydrogen-bond donors (Lipinski definition) is 3. The monoisotopic (exact) mass is 466 g/mol. The minimum absolute atomic E-state index is 0.114. The summed E-state index contributed by atoms with van der Waals surface area (Å²) >= 11 is 18.3. The second-order valence-corrected chi connectivity index (χ2v) is 8.10. The second-order valence-electron chi connectivity index (χ2n) is 6.82. The minimum Gasteiger partial charge on any atom is -0.299 e. The Kier molecular flexibility index (Phi) is 9.79. The van der Waals surface area contributed by atoms with Crippen molar-refractivity contribution in [3.05, 3.63) is 63.1 Å². The predicted molar refractivity (Wildman–Crippen MR) is 127 cm³/mol. The van der Waals surface area contributed by atoms with E-state index in [4.69, 9.17) is 40.2 Å². The molecule has 2 rings (SSSR count). The van der Waals surface area contributed by atoms with Crippen LogP contribution in [-0.4, -0.2) is 23.9 Å². The van der Waals surface area contributed by atoms with Gasteiger partial charge in [-0.2, -0.15) is 0 Å². The lowest BCUT2D eigenvalue weighted by Gasteiger charge is -2.17. The molecule has 1 unspecified atom stereocenters. The number of benzene rings is 2. The summed E-state index contributed by atoms with van der Waals surface area (Å²) in [7, 11) is 0. The lowest BCUT2D eigenvalue weighted by Crippen LogP contribution is -2.44. The third kappa shape index (κ3) is 7.10. The van der Waals surface area contributed by atoms with Gasteiger partial charge >= 0.3 is 0 Å². The van der Waals surface area contributed by atoms with Gasteiger partial charge in [-0.3, -0.25) is 20.6 Å². The molecule has 0 aromatic heterocycles. The van der Waals surface area contributed by atoms with Crippen molar-refractivity contribution in [3.63, 3.8) is 0 Å². The zero-order valence-electron chi connectivity index (χ0n) is 16.9. The molecule has 2 aromatic rings. The van der Waals surface area contributed by atoms with Gasteiger partial charge in [-0.15, -0.1) is 0 Å². The Bertz CT molecular complexity index is 913. The molecule has 1 amide bonds. The first-order valence-electron chi connectivity index (χ1n) is 9.74. The number of hydrazine groups is 1. The highest BCUT2D eigenvalue weighted by atomic mass is 35.5. The molecule has 0 radical (unpaired) electrons. The fourth-order valence-corrected chi connectivity index (χ4v) is 3.32. The summed E-state index contributed by atoms with van der Waals surface area (Å²) in [5.41, 5.74) is 7.12. The first-order valence-corrected chi connectivity index (χ1v) is 10.9. The Morgan fingerprint density at radius 2 is 1.73 bits per heavy atom. The fraction of sp³-hybridized carbons (Fsp3) is 0.318. The highest BCUT2D eigenvalue weighted by Crippen LogP contribution is 2.30. The van der Waals surface area contributed by atoms with Crippen molar-refractivity contribution in [2.45, 2.75) is 33.1 Å². The van der Waals surface area contributed by atoms with Gasteiger partial charge in [0.15, 0.2) is 0 Å². The van der Waals surface area contributed by atoms with Crippen molar-refractivity contribution in [1.82, 2.24) is 10.9 Å². The van der Waals surface area contributed by atoms with E-state index in [1.165, 1.54) is 0 Å². The molecule has 2 aromatic carbocycles. The van der Waals surface area contributed by atoms with Crippen LogP contribution < -0.4 is 10.9 Å². The molecule has 160 valence electrons. The quantitative estimate of drug-likeness (QED) is 0.220. The third-order valence-electron chi connectivity index (χ3n) is 4.49. The minimum atomic E-state index is -0.588. The third-order valence-corrected chi connectivity index (χ3v) is 5.28. The Balaban J connectivity index is 2.27. The van der Waals surface area contributed by atoms with Gasteiger partial charge in [0.05, 0.1) is 16.4 Å². The van der Waals surface area contributed by atoms with Crippen LogP contribution in [0.2, 0.25) is 15.1 Å². The van der Waals surface area contributed by atoms with Crippen molar-refractivity contribution in [3.8, 4) is 0 Å². The van der Waals surface area contributed by atoms with Gasteiger partial charge in [0.2, 0.25) is 0 Å². The largest absolute Gasteiger partial charge is 0.299 e. The molecule has 0 aliphatic carbocycles. The zero-order chi connectivity index (χ0) is 22.1. The maximum Gasteiger partial charge on any atom is 0.279 e. The maximum absolute atomic E-state index is 12.5. The fourth-order valence-electron chi connectivity index (χ4n) is 2.74. The van der Waals surface area contributed by atoms with Gasteiger partial charge in [-0.25, -0.2) is 5.43 Å². The first kappa shape index (κ1) is 24.4. The number of halogens is 3. The van der Waals surface area contributed by atoms with Crippen LogP contribution in [0.3, 0.4) is 0 Å². The number of nitrogens with one attached hydrogen (secondary N) is 3. The SMILES string of the molecule is CCCCCNNC(=O)C(=N)C(C)C(=Nc1ccc(Cl)cc1Cl)c1ccc(Cl)cc1. The lowest BCUT2D eigenvalue weighted by molar-refractivity contribution is -0.116. The van der Waals surface area contributed by atoms with Crippen molar-refractivity contribution in [2.24, 2.45) is 10.9 Å². The summed E-state index contributed by atoms with van der Waals surface area (Å²) in [5, 5.41) is 9.85. The molecular weight excluding hydrogens is 443 g/mol. The van der Waals surface area contributed by atoms with Gasteiger partial charge < -0.3 is 0 Å². The summed E-state index contributed by atoms with van der Waals surface area (Å²) < 4.78 is 0. The number of carbonyl (C=O) groups is 1. The second kappa shape index (κ2) is 12.1. The molecular formula is C22H25Cl3N4O. The first-order chi connectivity index (χ1) is 14.3. The highest BCUT2D eigenvalue weighted by molar-refractivity contribution is 6.43. The van der Waals surface area contributed by atoms with Gasteiger partial charge in [0.25, 0.3) is 5.91 Å². The van der Waals surface area contributed by atoms with E-state index >= 15 is 0 Å². The molecule has 5 nitrogen and oxygen atoms in total. The van der Waals surface area contributed by atoms with Crippen LogP contribution in [0.4, 0.5) is 5.69 Å². The van der Waals surface area contributed by atoms with Crippen molar-refractivity contribution in [2.75, 3.05) is 6.54 Å². The topological polar surface area (TPSA) is 77.3 Å². The average Bonchev–Trinajstić information content (AvgIpc) is 2.72. The van der Waals surface area contributed by atoms with Crippen LogP contribution in [0.25, 0.3) is 0 Å². The van der Waals surface area contributed by atoms with Crippen LogP contribution in [0.5, 0.6) is 0 Å². The van der Waals surface area contributed by atoms with E-state index in [0.717, 1.165) is 24.8 Å². The summed E-state index contributed by atoms with van der Waals surface area (Å²) in [6.07, 6.45) is 3.12. The summed E-state index contributed by atoms with van der Waals surface area (Å²) in [5.74, 6) is -1.08. The van der Waals surface area contributed by atoms with E-state index in [9.17, 15) is 4.79 Å². The van der Waals surface area contributed by atoms with Crippen molar-refractivity contribution >= 4 is 57.8 Å². The number of nitrogens with zero attached hydrogens (tertiary/aromatic N) is 1. The van der Waals surface area contributed by atoms with Crippen molar-refractivity contribution < 1.29 is 4.79 Å². The standard InChI is InChI=1S/C22H25Cl3N4O/c1-3-4-5-12-27-29-22(30)20(26)14(2)21(15-6-8-16(23)9-7-15)28-19-11-10-17(24)13-18(19)25/h6-11,13-14,26-27H,3-5,12H2,1-2H3,(H,29,30). The number of unbranched alkanes of at least 4 members (excludes halogenated alkanes) is 2. The Morgan fingerprint density at radius 3 is 2.37 bits per heavy atom. The maximum atomic E-state index is 12.5. The number of amides is 1. The average molecular weight is 468 g/mol. The number of carbonyl (C=O) groups excluding carboxylic acids is 1. The van der Waals surface area contributed by atoms with E-state index in [1.54, 1.807) is 49.4 Å². The van der Waals surface area contributed by atoms with Gasteiger partial charge in [-0.1, -0.05) is 73.6 Å². The van der Waals surface area contributed by atoms with Crippen molar-refractivity contribution in [1.29, 1.82) is 5.41 Å². The molecule has 0 aliphatic rings. The lowest BCUT2D eigenvalue weighted by atomic mass is 9.93. The Morgan fingerprint density at radius 1 is 1.07 bits per heavy atom. The Hall–Kier alpha value is -1.92. The Labute approximate surface area is 192 Å². The molecule has 8 heteroatoms. The van der Waals surface area contributed by atoms with Crippen LogP contribution in [0.1, 0.15) is 38.7 Å². The molecule has 0 bridgehead atoms. The van der Waals surface area contributed by atoms with Crippen LogP contribution in [-0.2, 0) is 4.79 Å². The van der Waals surface area contributed by atoms with Gasteiger partial charge in [0.1, 0.15) is 5.71 Å². The van der Waals surface area contributed by atoms with Crippen LogP contribution in [0.15, 0.2) is 47.5 Å². The molecule has 0 spiro atoms. The van der Waals surface area contributed by atoms with E-state index in [2.05, 4.69) is 22.8 Å². The van der Waals surface area contributed by atoms with E-state index in [0.29, 0.717) is 33.0 Å². The zero-order valence-corrected chi connectivity index (χ0v) is 19.2. The number of rotatable bonds is 10. The smallest absolute Gasteiger partial charge is 0.279 e. The highest BCUT2D eigenvalue weighted by Gasteiger charge is 2.23. The summed E-state index contributed by atoms with van der Waals surface area (Å²) in [6, 6.07) is 12.1. The number of aliphatic imine (C=N–C) groups is 1.